The molecule has 0 saturated heterocycles. The Balaban J connectivity index is 2.65. The average Bonchev–Trinajstić information content (AvgIpc) is 3.00. The Kier molecular flexibility index (Phi) is 16.8. The second-order valence-corrected chi connectivity index (χ2v) is 12.1. The fourth-order valence-corrected chi connectivity index (χ4v) is 6.15. The van der Waals surface area contributed by atoms with Gasteiger partial charge in [-0.05, 0) is 73.6 Å². The quantitative estimate of drug-likeness (QED) is 0.101. The SMILES string of the molecule is CCCCc1ccccc1C(CCCC)(CCCC)OOC(CCCC)(CCCC)c1ccccc1CCCC. The molecule has 40 heavy (non-hydrogen) atoms. The zero-order valence-electron chi connectivity index (χ0n) is 27.2. The van der Waals surface area contributed by atoms with Gasteiger partial charge in [-0.2, -0.15) is 0 Å². The van der Waals surface area contributed by atoms with Gasteiger partial charge in [0, 0.05) is 0 Å². The molecule has 0 amide bonds. The van der Waals surface area contributed by atoms with Gasteiger partial charge in [0.05, 0.1) is 0 Å². The van der Waals surface area contributed by atoms with Crippen LogP contribution in [0.4, 0.5) is 0 Å². The van der Waals surface area contributed by atoms with Gasteiger partial charge in [0.2, 0.25) is 0 Å². The van der Waals surface area contributed by atoms with Gasteiger partial charge >= 0.3 is 0 Å². The second-order valence-electron chi connectivity index (χ2n) is 12.1. The maximum absolute atomic E-state index is 7.11. The standard InChI is InChI=1S/C38H62O2/c1-7-13-23-33-25-19-21-27-35(33)37(29-15-9-3,30-16-10-4)39-40-38(31-17-11-5,32-18-12-6)36-28-22-20-26-34(36)24-14-8-2/h19-22,25-28H,7-18,23-24,29-32H2,1-6H3. The van der Waals surface area contributed by atoms with Crippen molar-refractivity contribution in [3.8, 4) is 0 Å². The van der Waals surface area contributed by atoms with E-state index in [1.165, 1.54) is 47.9 Å². The molecule has 0 fully saturated rings. The van der Waals surface area contributed by atoms with Crippen LogP contribution in [0.25, 0.3) is 0 Å². The molecule has 0 N–H and O–H groups in total. The van der Waals surface area contributed by atoms with E-state index >= 15 is 0 Å². The van der Waals surface area contributed by atoms with Crippen molar-refractivity contribution in [1.29, 1.82) is 0 Å². The molecule has 0 aliphatic heterocycles. The zero-order valence-corrected chi connectivity index (χ0v) is 27.2. The molecule has 0 aliphatic carbocycles. The van der Waals surface area contributed by atoms with E-state index in [0.717, 1.165) is 89.9 Å². The Labute approximate surface area is 248 Å². The molecule has 2 rings (SSSR count). The third-order valence-electron chi connectivity index (χ3n) is 8.71. The van der Waals surface area contributed by atoms with Gasteiger partial charge in [0.15, 0.2) is 0 Å². The first-order valence-electron chi connectivity index (χ1n) is 17.1. The van der Waals surface area contributed by atoms with Gasteiger partial charge in [-0.1, -0.05) is 154 Å². The summed E-state index contributed by atoms with van der Waals surface area (Å²) >= 11 is 0. The summed E-state index contributed by atoms with van der Waals surface area (Å²) in [5.74, 6) is 0. The summed E-state index contributed by atoms with van der Waals surface area (Å²) in [5.41, 5.74) is 4.78. The number of benzene rings is 2. The highest BCUT2D eigenvalue weighted by atomic mass is 17.2. The van der Waals surface area contributed by atoms with Gasteiger partial charge < -0.3 is 0 Å². The minimum absolute atomic E-state index is 0.418. The summed E-state index contributed by atoms with van der Waals surface area (Å²) in [6, 6.07) is 18.2. The van der Waals surface area contributed by atoms with E-state index in [-0.39, 0.29) is 0 Å². The molecule has 0 aromatic heterocycles. The first-order valence-corrected chi connectivity index (χ1v) is 17.1. The van der Waals surface area contributed by atoms with Crippen LogP contribution in [-0.4, -0.2) is 0 Å². The van der Waals surface area contributed by atoms with Crippen molar-refractivity contribution in [2.75, 3.05) is 0 Å². The molecule has 2 nitrogen and oxygen atoms in total. The summed E-state index contributed by atoms with van der Waals surface area (Å²) in [5, 5.41) is 0. The van der Waals surface area contributed by atoms with Gasteiger partial charge in [0.25, 0.3) is 0 Å². The third kappa shape index (κ3) is 10.0. The Hall–Kier alpha value is -1.64. The minimum atomic E-state index is -0.418. The van der Waals surface area contributed by atoms with Gasteiger partial charge in [-0.3, -0.25) is 0 Å². The minimum Gasteiger partial charge on any atom is -0.224 e. The first-order chi connectivity index (χ1) is 19.6. The van der Waals surface area contributed by atoms with Crippen LogP contribution in [0.5, 0.6) is 0 Å². The number of rotatable bonds is 23. The van der Waals surface area contributed by atoms with E-state index < -0.39 is 11.2 Å². The molecular weight excluding hydrogens is 488 g/mol. The molecule has 0 heterocycles. The lowest BCUT2D eigenvalue weighted by molar-refractivity contribution is -0.430. The van der Waals surface area contributed by atoms with Crippen LogP contribution in [0.15, 0.2) is 48.5 Å². The number of hydrogen-bond donors (Lipinski definition) is 0. The van der Waals surface area contributed by atoms with Crippen LogP contribution in [0.2, 0.25) is 0 Å². The van der Waals surface area contributed by atoms with Crippen molar-refractivity contribution >= 4 is 0 Å². The number of hydrogen-bond acceptors (Lipinski definition) is 2. The van der Waals surface area contributed by atoms with Crippen LogP contribution < -0.4 is 0 Å². The number of aryl methyl sites for hydroxylation is 2. The molecule has 2 heteroatoms. The topological polar surface area (TPSA) is 18.5 Å². The molecular formula is C38H62O2. The maximum Gasteiger partial charge on any atom is 0.129 e. The molecule has 0 unspecified atom stereocenters. The van der Waals surface area contributed by atoms with Crippen LogP contribution in [0.1, 0.15) is 167 Å². The first kappa shape index (κ1) is 34.6. The molecule has 0 atom stereocenters. The zero-order chi connectivity index (χ0) is 29.1. The Morgan fingerprint density at radius 3 is 1.02 bits per heavy atom. The largest absolute Gasteiger partial charge is 0.224 e. The summed E-state index contributed by atoms with van der Waals surface area (Å²) in [4.78, 5) is 14.2. The highest BCUT2D eigenvalue weighted by molar-refractivity contribution is 5.34. The van der Waals surface area contributed by atoms with E-state index in [2.05, 4.69) is 90.1 Å². The summed E-state index contributed by atoms with van der Waals surface area (Å²) < 4.78 is 0. The van der Waals surface area contributed by atoms with Crippen LogP contribution in [0, 0.1) is 0 Å². The highest BCUT2D eigenvalue weighted by Gasteiger charge is 2.42. The Morgan fingerprint density at radius 1 is 0.425 bits per heavy atom. The predicted octanol–water partition coefficient (Wildman–Crippen LogP) is 12.2. The van der Waals surface area contributed by atoms with Gasteiger partial charge in [0.1, 0.15) is 11.2 Å². The monoisotopic (exact) mass is 550 g/mol. The summed E-state index contributed by atoms with van der Waals surface area (Å²) in [6.45, 7) is 13.8. The second kappa shape index (κ2) is 19.5. The summed E-state index contributed by atoms with van der Waals surface area (Å²) in [7, 11) is 0. The van der Waals surface area contributed by atoms with Crippen molar-refractivity contribution < 1.29 is 9.78 Å². The maximum atomic E-state index is 7.11. The summed E-state index contributed by atoms with van der Waals surface area (Å²) in [6.07, 6.45) is 20.2. The van der Waals surface area contributed by atoms with Crippen LogP contribution >= 0.6 is 0 Å². The van der Waals surface area contributed by atoms with E-state index in [1.54, 1.807) is 0 Å². The van der Waals surface area contributed by atoms with E-state index in [4.69, 9.17) is 9.78 Å². The smallest absolute Gasteiger partial charge is 0.129 e. The van der Waals surface area contributed by atoms with Crippen molar-refractivity contribution in [1.82, 2.24) is 0 Å². The Bertz CT molecular complexity index is 826. The molecule has 0 bridgehead atoms. The fraction of sp³-hybridized carbons (Fsp3) is 0.684. The lowest BCUT2D eigenvalue weighted by atomic mass is 9.80. The van der Waals surface area contributed by atoms with Gasteiger partial charge in [-0.15, -0.1) is 0 Å². The molecule has 226 valence electrons. The molecule has 2 aromatic rings. The average molecular weight is 551 g/mol. The van der Waals surface area contributed by atoms with E-state index in [0.29, 0.717) is 0 Å². The number of unbranched alkanes of at least 4 members (excludes halogenated alkanes) is 6. The Morgan fingerprint density at radius 2 is 0.725 bits per heavy atom. The molecule has 0 spiro atoms. The fourth-order valence-electron chi connectivity index (χ4n) is 6.15. The third-order valence-corrected chi connectivity index (χ3v) is 8.71. The van der Waals surface area contributed by atoms with Crippen LogP contribution in [0.3, 0.4) is 0 Å². The highest BCUT2D eigenvalue weighted by Crippen LogP contribution is 2.45. The van der Waals surface area contributed by atoms with Crippen molar-refractivity contribution in [2.45, 2.75) is 168 Å². The molecule has 0 aliphatic rings. The molecule has 0 radical (unpaired) electrons. The predicted molar refractivity (Wildman–Crippen MR) is 174 cm³/mol. The molecule has 2 aromatic carbocycles. The molecule has 0 saturated carbocycles. The van der Waals surface area contributed by atoms with E-state index in [9.17, 15) is 0 Å². The lowest BCUT2D eigenvalue weighted by Gasteiger charge is -2.41. The van der Waals surface area contributed by atoms with Crippen molar-refractivity contribution in [3.63, 3.8) is 0 Å². The normalized spacial score (nSPS) is 12.2. The van der Waals surface area contributed by atoms with E-state index in [1.807, 2.05) is 0 Å². The van der Waals surface area contributed by atoms with Crippen molar-refractivity contribution in [3.05, 3.63) is 70.8 Å². The van der Waals surface area contributed by atoms with Crippen molar-refractivity contribution in [2.24, 2.45) is 0 Å². The van der Waals surface area contributed by atoms with Crippen LogP contribution in [-0.2, 0) is 33.8 Å². The lowest BCUT2D eigenvalue weighted by Crippen LogP contribution is -2.38. The van der Waals surface area contributed by atoms with Gasteiger partial charge in [-0.25, -0.2) is 9.78 Å².